The molecule has 1 aliphatic rings. The summed E-state index contributed by atoms with van der Waals surface area (Å²) in [6.45, 7) is 11.0. The van der Waals surface area contributed by atoms with E-state index in [1.54, 1.807) is 0 Å². The summed E-state index contributed by atoms with van der Waals surface area (Å²) < 4.78 is 5.86. The van der Waals surface area contributed by atoms with E-state index in [2.05, 4.69) is 37.1 Å². The van der Waals surface area contributed by atoms with Crippen molar-refractivity contribution in [1.82, 2.24) is 10.2 Å². The van der Waals surface area contributed by atoms with Gasteiger partial charge in [0.2, 0.25) is 0 Å². The maximum atomic E-state index is 5.86. The highest BCUT2D eigenvalue weighted by Gasteiger charge is 2.22. The quantitative estimate of drug-likeness (QED) is 0.890. The molecular weight excluding hydrogens is 224 g/mol. The third kappa shape index (κ3) is 3.36. The molecule has 18 heavy (non-hydrogen) atoms. The standard InChI is InChI=1S/C15H26N2O/c1-11-5-12(2)9-17(8-11)10-15-6-14(7-16-4)13(3)18-15/h6,11-12,16H,5,7-10H2,1-4H3. The van der Waals surface area contributed by atoms with E-state index in [0.29, 0.717) is 0 Å². The zero-order valence-corrected chi connectivity index (χ0v) is 12.1. The number of likely N-dealkylation sites (tertiary alicyclic amines) is 1. The lowest BCUT2D eigenvalue weighted by atomic mass is 9.92. The monoisotopic (exact) mass is 250 g/mol. The van der Waals surface area contributed by atoms with Gasteiger partial charge < -0.3 is 9.73 Å². The molecule has 102 valence electrons. The fourth-order valence-corrected chi connectivity index (χ4v) is 3.17. The normalized spacial score (nSPS) is 25.6. The highest BCUT2D eigenvalue weighted by molar-refractivity contribution is 5.20. The number of nitrogens with one attached hydrogen (secondary N) is 1. The summed E-state index contributed by atoms with van der Waals surface area (Å²) in [5, 5.41) is 3.18. The minimum Gasteiger partial charge on any atom is -0.465 e. The third-order valence-electron chi connectivity index (χ3n) is 3.76. The molecule has 1 N–H and O–H groups in total. The summed E-state index contributed by atoms with van der Waals surface area (Å²) in [5.74, 6) is 3.78. The van der Waals surface area contributed by atoms with Crippen LogP contribution < -0.4 is 5.32 Å². The van der Waals surface area contributed by atoms with Gasteiger partial charge in [0.1, 0.15) is 11.5 Å². The van der Waals surface area contributed by atoms with Crippen LogP contribution >= 0.6 is 0 Å². The van der Waals surface area contributed by atoms with Crippen molar-refractivity contribution in [2.75, 3.05) is 20.1 Å². The summed E-state index contributed by atoms with van der Waals surface area (Å²) in [7, 11) is 1.97. The van der Waals surface area contributed by atoms with Crippen molar-refractivity contribution in [3.8, 4) is 0 Å². The largest absolute Gasteiger partial charge is 0.465 e. The Labute approximate surface area is 111 Å². The van der Waals surface area contributed by atoms with Crippen molar-refractivity contribution in [1.29, 1.82) is 0 Å². The summed E-state index contributed by atoms with van der Waals surface area (Å²) >= 11 is 0. The van der Waals surface area contributed by atoms with Crippen LogP contribution in [0.3, 0.4) is 0 Å². The second kappa shape index (κ2) is 5.89. The molecule has 1 aromatic rings. The van der Waals surface area contributed by atoms with Crippen molar-refractivity contribution in [3.63, 3.8) is 0 Å². The molecule has 3 nitrogen and oxygen atoms in total. The Hall–Kier alpha value is -0.800. The first-order valence-electron chi connectivity index (χ1n) is 7.03. The van der Waals surface area contributed by atoms with Crippen LogP contribution in [0.2, 0.25) is 0 Å². The first-order valence-corrected chi connectivity index (χ1v) is 7.03. The molecule has 0 amide bonds. The number of hydrogen-bond donors (Lipinski definition) is 1. The lowest BCUT2D eigenvalue weighted by molar-refractivity contribution is 0.126. The number of hydrogen-bond acceptors (Lipinski definition) is 3. The van der Waals surface area contributed by atoms with Crippen LogP contribution in [0.15, 0.2) is 10.5 Å². The molecule has 0 radical (unpaired) electrons. The van der Waals surface area contributed by atoms with Crippen molar-refractivity contribution >= 4 is 0 Å². The van der Waals surface area contributed by atoms with Gasteiger partial charge >= 0.3 is 0 Å². The van der Waals surface area contributed by atoms with Crippen LogP contribution in [-0.4, -0.2) is 25.0 Å². The van der Waals surface area contributed by atoms with Crippen LogP contribution in [0.1, 0.15) is 37.4 Å². The van der Waals surface area contributed by atoms with E-state index in [0.717, 1.165) is 36.4 Å². The average molecular weight is 250 g/mol. The highest BCUT2D eigenvalue weighted by atomic mass is 16.3. The number of nitrogens with zero attached hydrogens (tertiary/aromatic N) is 1. The first kappa shape index (κ1) is 13.6. The Morgan fingerprint density at radius 3 is 2.61 bits per heavy atom. The van der Waals surface area contributed by atoms with Gasteiger partial charge in [-0.15, -0.1) is 0 Å². The fourth-order valence-electron chi connectivity index (χ4n) is 3.17. The minimum absolute atomic E-state index is 0.807. The molecule has 0 bridgehead atoms. The Morgan fingerprint density at radius 1 is 1.33 bits per heavy atom. The molecule has 1 saturated heterocycles. The SMILES string of the molecule is CNCc1cc(CN2CC(C)CC(C)C2)oc1C. The Morgan fingerprint density at radius 2 is 2.00 bits per heavy atom. The molecule has 0 aromatic carbocycles. The van der Waals surface area contributed by atoms with Gasteiger partial charge in [-0.3, -0.25) is 4.90 Å². The smallest absolute Gasteiger partial charge is 0.118 e. The van der Waals surface area contributed by atoms with Gasteiger partial charge in [0.25, 0.3) is 0 Å². The Kier molecular flexibility index (Phi) is 4.46. The molecule has 1 aliphatic heterocycles. The molecule has 0 saturated carbocycles. The van der Waals surface area contributed by atoms with Gasteiger partial charge in [-0.2, -0.15) is 0 Å². The molecule has 2 atom stereocenters. The van der Waals surface area contributed by atoms with E-state index in [1.165, 1.54) is 25.1 Å². The van der Waals surface area contributed by atoms with Crippen LogP contribution in [0.4, 0.5) is 0 Å². The zero-order chi connectivity index (χ0) is 13.1. The maximum absolute atomic E-state index is 5.86. The molecule has 0 spiro atoms. The van der Waals surface area contributed by atoms with E-state index < -0.39 is 0 Å². The van der Waals surface area contributed by atoms with Gasteiger partial charge in [-0.05, 0) is 38.3 Å². The van der Waals surface area contributed by atoms with Crippen LogP contribution in [-0.2, 0) is 13.1 Å². The second-order valence-electron chi connectivity index (χ2n) is 5.96. The fraction of sp³-hybridized carbons (Fsp3) is 0.733. The Balaban J connectivity index is 1.98. The molecule has 0 aliphatic carbocycles. The lowest BCUT2D eigenvalue weighted by Crippen LogP contribution is -2.37. The third-order valence-corrected chi connectivity index (χ3v) is 3.76. The highest BCUT2D eigenvalue weighted by Crippen LogP contribution is 2.23. The van der Waals surface area contributed by atoms with Crippen molar-refractivity contribution in [2.24, 2.45) is 11.8 Å². The lowest BCUT2D eigenvalue weighted by Gasteiger charge is -2.34. The second-order valence-corrected chi connectivity index (χ2v) is 5.96. The molecular formula is C15H26N2O. The number of rotatable bonds is 4. The van der Waals surface area contributed by atoms with E-state index >= 15 is 0 Å². The van der Waals surface area contributed by atoms with E-state index in [4.69, 9.17) is 4.42 Å². The molecule has 2 rings (SSSR count). The molecule has 2 heterocycles. The van der Waals surface area contributed by atoms with E-state index in [9.17, 15) is 0 Å². The number of piperidine rings is 1. The summed E-state index contributed by atoms with van der Waals surface area (Å²) in [6.07, 6.45) is 1.36. The topological polar surface area (TPSA) is 28.4 Å². The predicted octanol–water partition coefficient (Wildman–Crippen LogP) is 2.79. The van der Waals surface area contributed by atoms with E-state index in [1.807, 2.05) is 7.05 Å². The van der Waals surface area contributed by atoms with Crippen molar-refractivity contribution < 1.29 is 4.42 Å². The van der Waals surface area contributed by atoms with Crippen LogP contribution in [0.5, 0.6) is 0 Å². The number of furan rings is 1. The van der Waals surface area contributed by atoms with Gasteiger partial charge in [0, 0.05) is 25.2 Å². The predicted molar refractivity (Wildman–Crippen MR) is 74.4 cm³/mol. The zero-order valence-electron chi connectivity index (χ0n) is 12.1. The minimum atomic E-state index is 0.807. The molecule has 2 unspecified atom stereocenters. The van der Waals surface area contributed by atoms with Gasteiger partial charge in [0.15, 0.2) is 0 Å². The maximum Gasteiger partial charge on any atom is 0.118 e. The van der Waals surface area contributed by atoms with Crippen molar-refractivity contribution in [3.05, 3.63) is 23.2 Å². The molecule has 3 heteroatoms. The Bertz CT molecular complexity index is 376. The molecule has 1 aromatic heterocycles. The number of aryl methyl sites for hydroxylation is 1. The first-order chi connectivity index (χ1) is 8.58. The molecule has 1 fully saturated rings. The van der Waals surface area contributed by atoms with Gasteiger partial charge in [0.05, 0.1) is 6.54 Å². The van der Waals surface area contributed by atoms with Gasteiger partial charge in [-0.1, -0.05) is 13.8 Å². The summed E-state index contributed by atoms with van der Waals surface area (Å²) in [4.78, 5) is 2.53. The van der Waals surface area contributed by atoms with Crippen LogP contribution in [0, 0.1) is 18.8 Å². The summed E-state index contributed by atoms with van der Waals surface area (Å²) in [5.41, 5.74) is 1.28. The average Bonchev–Trinajstić information content (AvgIpc) is 2.58. The van der Waals surface area contributed by atoms with Gasteiger partial charge in [-0.25, -0.2) is 0 Å². The van der Waals surface area contributed by atoms with Crippen LogP contribution in [0.25, 0.3) is 0 Å². The van der Waals surface area contributed by atoms with Crippen molar-refractivity contribution in [2.45, 2.75) is 40.3 Å². The van der Waals surface area contributed by atoms with E-state index in [-0.39, 0.29) is 0 Å². The summed E-state index contributed by atoms with van der Waals surface area (Å²) in [6, 6.07) is 2.20.